The van der Waals surface area contributed by atoms with Crippen molar-refractivity contribution in [2.24, 2.45) is 0 Å². The molecular weight excluding hydrogens is 426 g/mol. The first-order chi connectivity index (χ1) is 16.7. The fourth-order valence-electron chi connectivity index (χ4n) is 4.29. The van der Waals surface area contributed by atoms with Crippen LogP contribution in [0, 0.1) is 0 Å². The van der Waals surface area contributed by atoms with Gasteiger partial charge < -0.3 is 18.9 Å². The van der Waals surface area contributed by atoms with Gasteiger partial charge in [-0.1, -0.05) is 24.3 Å². The van der Waals surface area contributed by atoms with Crippen LogP contribution in [0.3, 0.4) is 0 Å². The molecule has 2 aromatic heterocycles. The van der Waals surface area contributed by atoms with Gasteiger partial charge in [-0.25, -0.2) is 4.79 Å². The molecule has 34 heavy (non-hydrogen) atoms. The van der Waals surface area contributed by atoms with Crippen LogP contribution in [0.1, 0.15) is 21.5 Å². The third kappa shape index (κ3) is 4.66. The lowest BCUT2D eigenvalue weighted by molar-refractivity contribution is 0.0601. The van der Waals surface area contributed by atoms with E-state index in [4.69, 9.17) is 9.47 Å². The lowest BCUT2D eigenvalue weighted by Crippen LogP contribution is -2.54. The molecule has 0 saturated carbocycles. The van der Waals surface area contributed by atoms with E-state index in [1.54, 1.807) is 12.3 Å². The minimum Gasteiger partial charge on any atom is -0.487 e. The molecule has 2 aromatic carbocycles. The van der Waals surface area contributed by atoms with Gasteiger partial charge in [-0.05, 0) is 66.4 Å². The monoisotopic (exact) mass is 453 g/mol. The molecule has 0 spiro atoms. The fraction of sp³-hybridized carbons (Fsp3) is 0.214. The molecule has 0 amide bonds. The molecule has 0 N–H and O–H groups in total. The molecule has 4 aromatic rings. The van der Waals surface area contributed by atoms with Crippen LogP contribution in [0.5, 0.6) is 5.75 Å². The van der Waals surface area contributed by atoms with Crippen molar-refractivity contribution in [1.82, 2.24) is 9.55 Å². The summed E-state index contributed by atoms with van der Waals surface area (Å²) in [6.07, 6.45) is 9.64. The van der Waals surface area contributed by atoms with E-state index in [-0.39, 0.29) is 12.1 Å². The summed E-state index contributed by atoms with van der Waals surface area (Å²) >= 11 is 0. The number of nitrogens with zero attached hydrogens (tertiary/aromatic N) is 3. The number of carbonyl (C=O) groups excluding carboxylic acids is 1. The molecule has 0 atom stereocenters. The van der Waals surface area contributed by atoms with E-state index in [2.05, 4.69) is 28.1 Å². The molecule has 6 heteroatoms. The van der Waals surface area contributed by atoms with Gasteiger partial charge in [-0.15, -0.1) is 0 Å². The molecule has 172 valence electrons. The first-order valence-electron chi connectivity index (χ1n) is 11.5. The van der Waals surface area contributed by atoms with Gasteiger partial charge in [0.15, 0.2) is 0 Å². The van der Waals surface area contributed by atoms with Gasteiger partial charge in [0.2, 0.25) is 0 Å². The number of anilines is 1. The summed E-state index contributed by atoms with van der Waals surface area (Å²) in [6.45, 7) is 1.50. The Kier molecular flexibility index (Phi) is 6.29. The molecule has 3 heterocycles. The molecule has 0 radical (unpaired) electrons. The van der Waals surface area contributed by atoms with E-state index in [9.17, 15) is 4.79 Å². The molecule has 1 saturated heterocycles. The Balaban J connectivity index is 1.22. The molecule has 0 aliphatic carbocycles. The van der Waals surface area contributed by atoms with Gasteiger partial charge in [-0.2, -0.15) is 0 Å². The third-order valence-electron chi connectivity index (χ3n) is 6.12. The lowest BCUT2D eigenvalue weighted by atomic mass is 10.0. The van der Waals surface area contributed by atoms with Gasteiger partial charge in [0.1, 0.15) is 11.9 Å². The van der Waals surface area contributed by atoms with E-state index in [1.165, 1.54) is 18.2 Å². The highest BCUT2D eigenvalue weighted by molar-refractivity contribution is 5.96. The predicted molar refractivity (Wildman–Crippen MR) is 132 cm³/mol. The molecule has 1 fully saturated rings. The van der Waals surface area contributed by atoms with Crippen molar-refractivity contribution in [2.45, 2.75) is 18.9 Å². The molecule has 1 aliphatic rings. The number of rotatable bonds is 8. The van der Waals surface area contributed by atoms with Crippen LogP contribution in [0.4, 0.5) is 5.69 Å². The van der Waals surface area contributed by atoms with Gasteiger partial charge in [0, 0.05) is 24.8 Å². The van der Waals surface area contributed by atoms with Crippen LogP contribution in [-0.4, -0.2) is 41.8 Å². The van der Waals surface area contributed by atoms with Crippen molar-refractivity contribution in [1.29, 1.82) is 0 Å². The van der Waals surface area contributed by atoms with Crippen molar-refractivity contribution < 1.29 is 14.3 Å². The van der Waals surface area contributed by atoms with E-state index in [1.807, 2.05) is 65.6 Å². The summed E-state index contributed by atoms with van der Waals surface area (Å²) < 4.78 is 13.2. The third-order valence-corrected chi connectivity index (χ3v) is 6.12. The fourth-order valence-corrected chi connectivity index (χ4v) is 4.29. The van der Waals surface area contributed by atoms with Crippen LogP contribution in [0.15, 0.2) is 91.5 Å². The van der Waals surface area contributed by atoms with E-state index in [0.29, 0.717) is 5.56 Å². The molecule has 6 nitrogen and oxygen atoms in total. The van der Waals surface area contributed by atoms with Crippen LogP contribution >= 0.6 is 0 Å². The molecule has 0 unspecified atom stereocenters. The average Bonchev–Trinajstić information content (AvgIpc) is 3.40. The van der Waals surface area contributed by atoms with Gasteiger partial charge in [-0.3, -0.25) is 4.98 Å². The topological polar surface area (TPSA) is 56.6 Å². The van der Waals surface area contributed by atoms with Crippen molar-refractivity contribution in [2.75, 3.05) is 25.1 Å². The zero-order valence-electron chi connectivity index (χ0n) is 19.1. The first-order valence-corrected chi connectivity index (χ1v) is 11.5. The average molecular weight is 454 g/mol. The van der Waals surface area contributed by atoms with Crippen molar-refractivity contribution >= 4 is 11.7 Å². The van der Waals surface area contributed by atoms with Crippen molar-refractivity contribution in [3.05, 3.63) is 108 Å². The largest absolute Gasteiger partial charge is 0.487 e. The smallest absolute Gasteiger partial charge is 0.340 e. The molecule has 1 aliphatic heterocycles. The van der Waals surface area contributed by atoms with Crippen molar-refractivity contribution in [3.63, 3.8) is 0 Å². The summed E-state index contributed by atoms with van der Waals surface area (Å²) in [4.78, 5) is 18.8. The molecule has 5 rings (SSSR count). The number of pyridine rings is 1. The highest BCUT2D eigenvalue weighted by Gasteiger charge is 2.32. The number of methoxy groups -OCH3 is 1. The normalized spacial score (nSPS) is 13.4. The second kappa shape index (κ2) is 9.83. The number of ether oxygens (including phenoxy) is 2. The Morgan fingerprint density at radius 1 is 0.941 bits per heavy atom. The number of hydrogen-bond acceptors (Lipinski definition) is 5. The van der Waals surface area contributed by atoms with Crippen LogP contribution in [-0.2, 0) is 17.6 Å². The molecule has 0 bridgehead atoms. The number of benzene rings is 2. The zero-order valence-corrected chi connectivity index (χ0v) is 19.1. The quantitative estimate of drug-likeness (QED) is 0.362. The maximum absolute atomic E-state index is 12.4. The minimum absolute atomic E-state index is 0.0977. The highest BCUT2D eigenvalue weighted by Crippen LogP contribution is 2.33. The summed E-state index contributed by atoms with van der Waals surface area (Å²) in [5, 5.41) is 0. The lowest BCUT2D eigenvalue weighted by Gasteiger charge is -2.41. The Morgan fingerprint density at radius 2 is 1.71 bits per heavy atom. The number of carbonyl (C=O) groups is 1. The SMILES string of the molecule is COC(=O)c1cccc(N2CC(Oc3ccc(CCc4cccnc4)cc3)C2)c1-n1cccc1. The van der Waals surface area contributed by atoms with Gasteiger partial charge in [0.05, 0.1) is 37.1 Å². The Bertz CT molecular complexity index is 1230. The maximum atomic E-state index is 12.4. The predicted octanol–water partition coefficient (Wildman–Crippen LogP) is 4.71. The van der Waals surface area contributed by atoms with Gasteiger partial charge in [0.25, 0.3) is 0 Å². The maximum Gasteiger partial charge on any atom is 0.340 e. The number of aromatic nitrogens is 2. The number of esters is 1. The number of hydrogen-bond donors (Lipinski definition) is 0. The number of para-hydroxylation sites is 1. The summed E-state index contributed by atoms with van der Waals surface area (Å²) in [5.41, 5.74) is 4.89. The standard InChI is InChI=1S/C28H27N3O3/c1-33-28(32)25-7-4-8-26(27(25)30-16-2-3-17-30)31-19-24(20-31)34-23-13-11-21(12-14-23)9-10-22-6-5-15-29-18-22/h2-8,11-18,24H,9-10,19-20H2,1H3. The first kappa shape index (κ1) is 21.8. The molecular formula is C28H27N3O3. The van der Waals surface area contributed by atoms with Crippen LogP contribution in [0.2, 0.25) is 0 Å². The Hall–Kier alpha value is -4.06. The Labute approximate surface area is 199 Å². The Morgan fingerprint density at radius 3 is 2.41 bits per heavy atom. The minimum atomic E-state index is -0.345. The van der Waals surface area contributed by atoms with E-state index in [0.717, 1.165) is 43.1 Å². The van der Waals surface area contributed by atoms with Gasteiger partial charge >= 0.3 is 5.97 Å². The second-order valence-electron chi connectivity index (χ2n) is 8.41. The summed E-state index contributed by atoms with van der Waals surface area (Å²) in [5.74, 6) is 0.534. The van der Waals surface area contributed by atoms with Crippen LogP contribution < -0.4 is 9.64 Å². The second-order valence-corrected chi connectivity index (χ2v) is 8.41. The highest BCUT2D eigenvalue weighted by atomic mass is 16.5. The summed E-state index contributed by atoms with van der Waals surface area (Å²) in [7, 11) is 1.41. The van der Waals surface area contributed by atoms with Crippen LogP contribution in [0.25, 0.3) is 5.69 Å². The van der Waals surface area contributed by atoms with E-state index < -0.39 is 0 Å². The van der Waals surface area contributed by atoms with Crippen molar-refractivity contribution in [3.8, 4) is 11.4 Å². The zero-order chi connectivity index (χ0) is 23.3. The van der Waals surface area contributed by atoms with E-state index >= 15 is 0 Å². The summed E-state index contributed by atoms with van der Waals surface area (Å²) in [6, 6.07) is 22.1. The number of aryl methyl sites for hydroxylation is 2.